The average Bonchev–Trinajstić information content (AvgIpc) is 3.30. The minimum absolute atomic E-state index is 0.337. The van der Waals surface area contributed by atoms with Crippen molar-refractivity contribution in [2.75, 3.05) is 6.54 Å². The molecule has 0 aliphatic carbocycles. The van der Waals surface area contributed by atoms with Gasteiger partial charge in [-0.2, -0.15) is 0 Å². The molecule has 1 aliphatic rings. The van der Waals surface area contributed by atoms with Crippen molar-refractivity contribution in [1.82, 2.24) is 9.88 Å². The summed E-state index contributed by atoms with van der Waals surface area (Å²) in [6, 6.07) is 8.49. The maximum absolute atomic E-state index is 5.91. The molecule has 4 rings (SSSR count). The molecule has 0 saturated carbocycles. The van der Waals surface area contributed by atoms with E-state index in [1.165, 1.54) is 19.3 Å². The van der Waals surface area contributed by atoms with E-state index in [0.717, 1.165) is 47.5 Å². The third kappa shape index (κ3) is 3.19. The second kappa shape index (κ2) is 6.95. The van der Waals surface area contributed by atoms with E-state index in [2.05, 4.69) is 22.4 Å². The Kier molecular flexibility index (Phi) is 4.54. The predicted octanol–water partition coefficient (Wildman–Crippen LogP) is 5.42. The zero-order valence-electron chi connectivity index (χ0n) is 13.9. The molecular weight excluding hydrogens is 320 g/mol. The van der Waals surface area contributed by atoms with E-state index in [-0.39, 0.29) is 0 Å². The minimum atomic E-state index is 0.337. The van der Waals surface area contributed by atoms with Crippen LogP contribution in [0.4, 0.5) is 0 Å². The van der Waals surface area contributed by atoms with Gasteiger partial charge in [-0.3, -0.25) is 4.90 Å². The number of thiophene rings is 1. The van der Waals surface area contributed by atoms with Crippen molar-refractivity contribution < 1.29 is 8.83 Å². The normalized spacial score (nSPS) is 19.5. The van der Waals surface area contributed by atoms with Gasteiger partial charge in [0.2, 0.25) is 5.89 Å². The zero-order chi connectivity index (χ0) is 16.4. The molecule has 3 aromatic rings. The number of rotatable bonds is 4. The first-order valence-corrected chi connectivity index (χ1v) is 9.47. The maximum atomic E-state index is 5.91. The largest absolute Gasteiger partial charge is 0.468 e. The van der Waals surface area contributed by atoms with Gasteiger partial charge in [-0.1, -0.05) is 18.9 Å². The molecule has 0 radical (unpaired) electrons. The molecule has 1 atom stereocenters. The van der Waals surface area contributed by atoms with E-state index in [1.54, 1.807) is 17.6 Å². The molecule has 126 valence electrons. The summed E-state index contributed by atoms with van der Waals surface area (Å²) in [5, 5.41) is 2.05. The molecule has 0 bridgehead atoms. The molecule has 4 heterocycles. The first kappa shape index (κ1) is 15.7. The van der Waals surface area contributed by atoms with Crippen molar-refractivity contribution in [3.63, 3.8) is 0 Å². The van der Waals surface area contributed by atoms with Crippen LogP contribution in [0.25, 0.3) is 10.8 Å². The topological polar surface area (TPSA) is 42.4 Å². The summed E-state index contributed by atoms with van der Waals surface area (Å²) in [6.07, 6.45) is 6.68. The predicted molar refractivity (Wildman–Crippen MR) is 94.9 cm³/mol. The lowest BCUT2D eigenvalue weighted by molar-refractivity contribution is 0.167. The number of hydrogen-bond acceptors (Lipinski definition) is 5. The fraction of sp³-hybridized carbons (Fsp3) is 0.421. The van der Waals surface area contributed by atoms with Crippen molar-refractivity contribution in [3.05, 3.63) is 53.1 Å². The van der Waals surface area contributed by atoms with E-state index in [9.17, 15) is 0 Å². The number of furan rings is 1. The summed E-state index contributed by atoms with van der Waals surface area (Å²) in [5.74, 6) is 2.72. The third-order valence-electron chi connectivity index (χ3n) is 4.71. The fourth-order valence-electron chi connectivity index (χ4n) is 3.43. The Morgan fingerprint density at radius 3 is 3.00 bits per heavy atom. The zero-order valence-corrected chi connectivity index (χ0v) is 14.7. The third-order valence-corrected chi connectivity index (χ3v) is 5.57. The van der Waals surface area contributed by atoms with Crippen molar-refractivity contribution in [3.8, 4) is 10.8 Å². The Labute approximate surface area is 146 Å². The molecule has 0 N–H and O–H groups in total. The highest BCUT2D eigenvalue weighted by Gasteiger charge is 2.26. The lowest BCUT2D eigenvalue weighted by atomic mass is 10.1. The quantitative estimate of drug-likeness (QED) is 0.635. The standard InChI is InChI=1S/C19H22N2O2S/c1-14-15(20-19(23-14)18-9-6-12-24-18)13-21-10-4-2-3-7-16(21)17-8-5-11-22-17/h5-6,8-9,11-12,16H,2-4,7,10,13H2,1H3. The number of nitrogens with zero attached hydrogens (tertiary/aromatic N) is 2. The number of likely N-dealkylation sites (tertiary alicyclic amines) is 1. The highest BCUT2D eigenvalue weighted by atomic mass is 32.1. The van der Waals surface area contributed by atoms with Crippen molar-refractivity contribution in [1.29, 1.82) is 0 Å². The Balaban J connectivity index is 1.58. The first-order valence-electron chi connectivity index (χ1n) is 8.59. The molecule has 4 nitrogen and oxygen atoms in total. The maximum Gasteiger partial charge on any atom is 0.236 e. The Morgan fingerprint density at radius 2 is 2.21 bits per heavy atom. The van der Waals surface area contributed by atoms with Gasteiger partial charge in [0.05, 0.1) is 22.9 Å². The molecule has 0 spiro atoms. The number of oxazole rings is 1. The van der Waals surface area contributed by atoms with E-state index >= 15 is 0 Å². The number of aryl methyl sites for hydroxylation is 1. The average molecular weight is 342 g/mol. The van der Waals surface area contributed by atoms with E-state index < -0.39 is 0 Å². The van der Waals surface area contributed by atoms with Gasteiger partial charge in [0.1, 0.15) is 11.5 Å². The van der Waals surface area contributed by atoms with Gasteiger partial charge in [-0.25, -0.2) is 4.98 Å². The second-order valence-corrected chi connectivity index (χ2v) is 7.30. The monoisotopic (exact) mass is 342 g/mol. The number of aromatic nitrogens is 1. The Bertz CT molecular complexity index is 762. The van der Waals surface area contributed by atoms with Gasteiger partial charge >= 0.3 is 0 Å². The summed E-state index contributed by atoms with van der Waals surface area (Å²) in [6.45, 7) is 3.90. The van der Waals surface area contributed by atoms with Crippen molar-refractivity contribution >= 4 is 11.3 Å². The molecule has 3 aromatic heterocycles. The van der Waals surface area contributed by atoms with Crippen LogP contribution in [0.15, 0.2) is 44.7 Å². The highest BCUT2D eigenvalue weighted by molar-refractivity contribution is 7.13. The van der Waals surface area contributed by atoms with Crippen molar-refractivity contribution in [2.45, 2.75) is 45.2 Å². The van der Waals surface area contributed by atoms with Crippen molar-refractivity contribution in [2.24, 2.45) is 0 Å². The molecule has 1 saturated heterocycles. The van der Waals surface area contributed by atoms with Crippen LogP contribution in [-0.2, 0) is 6.54 Å². The van der Waals surface area contributed by atoms with Gasteiger partial charge in [-0.15, -0.1) is 11.3 Å². The fourth-order valence-corrected chi connectivity index (χ4v) is 4.08. The number of hydrogen-bond donors (Lipinski definition) is 0. The summed E-state index contributed by atoms with van der Waals surface area (Å²) >= 11 is 1.66. The van der Waals surface area contributed by atoms with Crippen LogP contribution in [0, 0.1) is 6.92 Å². The van der Waals surface area contributed by atoms with E-state index in [0.29, 0.717) is 6.04 Å². The van der Waals surface area contributed by atoms with Crippen LogP contribution in [0.5, 0.6) is 0 Å². The van der Waals surface area contributed by atoms with Crippen LogP contribution in [0.3, 0.4) is 0 Å². The second-order valence-electron chi connectivity index (χ2n) is 6.35. The minimum Gasteiger partial charge on any atom is -0.468 e. The molecule has 1 fully saturated rings. The van der Waals surface area contributed by atoms with Gasteiger partial charge < -0.3 is 8.83 Å². The molecular formula is C19H22N2O2S. The molecule has 1 unspecified atom stereocenters. The van der Waals surface area contributed by atoms with Crippen LogP contribution < -0.4 is 0 Å². The van der Waals surface area contributed by atoms with E-state index in [1.807, 2.05) is 19.1 Å². The summed E-state index contributed by atoms with van der Waals surface area (Å²) in [4.78, 5) is 8.35. The SMILES string of the molecule is Cc1oc(-c2cccs2)nc1CN1CCCCCC1c1ccco1. The highest BCUT2D eigenvalue weighted by Crippen LogP contribution is 2.33. The lowest BCUT2D eigenvalue weighted by Gasteiger charge is -2.27. The molecule has 0 aromatic carbocycles. The molecule has 0 amide bonds. The smallest absolute Gasteiger partial charge is 0.236 e. The van der Waals surface area contributed by atoms with Crippen LogP contribution in [0.1, 0.15) is 48.9 Å². The summed E-state index contributed by atoms with van der Waals surface area (Å²) in [7, 11) is 0. The summed E-state index contributed by atoms with van der Waals surface area (Å²) < 4.78 is 11.6. The van der Waals surface area contributed by atoms with Gasteiger partial charge in [0.25, 0.3) is 0 Å². The van der Waals surface area contributed by atoms with Crippen LogP contribution >= 0.6 is 11.3 Å². The van der Waals surface area contributed by atoms with E-state index in [4.69, 9.17) is 13.8 Å². The van der Waals surface area contributed by atoms with Gasteiger partial charge in [0, 0.05) is 6.54 Å². The van der Waals surface area contributed by atoms with Gasteiger partial charge in [0.15, 0.2) is 0 Å². The van der Waals surface area contributed by atoms with Crippen LogP contribution in [0.2, 0.25) is 0 Å². The summed E-state index contributed by atoms with van der Waals surface area (Å²) in [5.41, 5.74) is 1.04. The molecule has 1 aliphatic heterocycles. The Hall–Kier alpha value is -1.85. The molecule has 24 heavy (non-hydrogen) atoms. The van der Waals surface area contributed by atoms with Gasteiger partial charge in [-0.05, 0) is 49.9 Å². The lowest BCUT2D eigenvalue weighted by Crippen LogP contribution is -2.28. The molecule has 5 heteroatoms. The first-order chi connectivity index (χ1) is 11.8. The Morgan fingerprint density at radius 1 is 1.25 bits per heavy atom. The van der Waals surface area contributed by atoms with Crippen LogP contribution in [-0.4, -0.2) is 16.4 Å².